The fourth-order valence-corrected chi connectivity index (χ4v) is 0.0841. The monoisotopic (exact) mass is 105 g/mol. The van der Waals surface area contributed by atoms with E-state index >= 15 is 0 Å². The first-order chi connectivity index (χ1) is 2.77. The van der Waals surface area contributed by atoms with Crippen LogP contribution >= 0.6 is 12.6 Å². The van der Waals surface area contributed by atoms with E-state index in [4.69, 9.17) is 10.3 Å². The van der Waals surface area contributed by atoms with E-state index < -0.39 is 0 Å². The lowest BCUT2D eigenvalue weighted by Crippen LogP contribution is -2.06. The predicted octanol–water partition coefficient (Wildman–Crippen LogP) is 0.122. The van der Waals surface area contributed by atoms with Gasteiger partial charge in [-0.3, -0.25) is 5.41 Å². The van der Waals surface area contributed by atoms with Crippen LogP contribution in [0.15, 0.2) is 5.29 Å². The molecule has 0 rings (SSSR count). The van der Waals surface area contributed by atoms with E-state index in [9.17, 15) is 0 Å². The van der Waals surface area contributed by atoms with Crippen molar-refractivity contribution in [2.45, 2.75) is 0 Å². The average Bonchev–Trinajstić information content (AvgIpc) is 1.35. The van der Waals surface area contributed by atoms with Gasteiger partial charge in [0, 0.05) is 0 Å². The van der Waals surface area contributed by atoms with Gasteiger partial charge >= 0.3 is 0 Å². The van der Waals surface area contributed by atoms with Crippen LogP contribution in [0.4, 0.5) is 0 Å². The lowest BCUT2D eigenvalue weighted by atomic mass is 11.3. The minimum absolute atomic E-state index is 0.245. The van der Waals surface area contributed by atoms with E-state index in [1.165, 1.54) is 0 Å². The summed E-state index contributed by atoms with van der Waals surface area (Å²) in [6, 6.07) is 0. The fraction of sp³-hybridized carbons (Fsp3) is 0. The van der Waals surface area contributed by atoms with Gasteiger partial charge in [0.05, 0.1) is 5.29 Å². The molecule has 0 aliphatic rings. The molecule has 0 fully saturated rings. The first-order valence-electron chi connectivity index (χ1n) is 1.13. The van der Waals surface area contributed by atoms with Gasteiger partial charge in [-0.05, 0) is 0 Å². The number of nitrogens with zero attached hydrogens (tertiary/aromatic N) is 1. The van der Waals surface area contributed by atoms with Crippen molar-refractivity contribution < 1.29 is 0 Å². The third-order valence-corrected chi connectivity index (χ3v) is 0.252. The fourth-order valence-electron chi connectivity index (χ4n) is 0.0432. The molecule has 0 bridgehead atoms. The summed E-state index contributed by atoms with van der Waals surface area (Å²) in [6.45, 7) is 0. The normalized spacial score (nSPS) is 6.83. The van der Waals surface area contributed by atoms with Gasteiger partial charge in [0.15, 0.2) is 5.17 Å². The zero-order chi connectivity index (χ0) is 4.99. The van der Waals surface area contributed by atoms with Gasteiger partial charge in [0.2, 0.25) is 0 Å². The highest BCUT2D eigenvalue weighted by Crippen LogP contribution is 1.67. The van der Waals surface area contributed by atoms with Crippen molar-refractivity contribution in [1.82, 2.24) is 5.43 Å². The molecule has 0 saturated heterocycles. The molecular formula is CH3N3OS. The number of nitrogens with one attached hydrogen (secondary N) is 2. The molecule has 4 nitrogen and oxygen atoms in total. The summed E-state index contributed by atoms with van der Waals surface area (Å²) in [7, 11) is 0. The van der Waals surface area contributed by atoms with E-state index in [2.05, 4.69) is 17.9 Å². The number of rotatable bonds is 1. The van der Waals surface area contributed by atoms with E-state index in [-0.39, 0.29) is 5.17 Å². The predicted molar refractivity (Wildman–Crippen MR) is 25.6 cm³/mol. The maximum atomic E-state index is 9.06. The number of thiol groups is 1. The summed E-state index contributed by atoms with van der Waals surface area (Å²) in [5.74, 6) is 0. The molecule has 5 heteroatoms. The first-order valence-corrected chi connectivity index (χ1v) is 1.58. The van der Waals surface area contributed by atoms with Crippen molar-refractivity contribution in [3.63, 3.8) is 0 Å². The second kappa shape index (κ2) is 2.65. The van der Waals surface area contributed by atoms with Crippen LogP contribution in [0.25, 0.3) is 0 Å². The molecule has 0 aromatic carbocycles. The van der Waals surface area contributed by atoms with E-state index in [1.807, 2.05) is 0 Å². The van der Waals surface area contributed by atoms with E-state index in [0.717, 1.165) is 0 Å². The molecule has 0 aromatic heterocycles. The molecule has 0 unspecified atom stereocenters. The lowest BCUT2D eigenvalue weighted by Gasteiger charge is -1.80. The minimum atomic E-state index is -0.245. The summed E-state index contributed by atoms with van der Waals surface area (Å²) in [5.41, 5.74) is 1.73. The van der Waals surface area contributed by atoms with E-state index in [0.29, 0.717) is 0 Å². The molecule has 0 amide bonds. The summed E-state index contributed by atoms with van der Waals surface area (Å²) >= 11 is 3.36. The number of amidine groups is 1. The van der Waals surface area contributed by atoms with Crippen LogP contribution in [-0.2, 0) is 0 Å². The van der Waals surface area contributed by atoms with Crippen molar-refractivity contribution in [3.05, 3.63) is 4.91 Å². The van der Waals surface area contributed by atoms with Gasteiger partial charge in [0.1, 0.15) is 0 Å². The van der Waals surface area contributed by atoms with Gasteiger partial charge in [-0.2, -0.15) is 0 Å². The molecule has 2 N–H and O–H groups in total. The Hall–Kier alpha value is -0.580. The third-order valence-electron chi connectivity index (χ3n) is 0.152. The minimum Gasteiger partial charge on any atom is -0.278 e. The third kappa shape index (κ3) is 3.42. The van der Waals surface area contributed by atoms with Crippen molar-refractivity contribution in [2.24, 2.45) is 5.29 Å². The summed E-state index contributed by atoms with van der Waals surface area (Å²) in [4.78, 5) is 9.06. The Morgan fingerprint density at radius 2 is 2.50 bits per heavy atom. The van der Waals surface area contributed by atoms with E-state index in [1.54, 1.807) is 5.43 Å². The Morgan fingerprint density at radius 1 is 2.00 bits per heavy atom. The Bertz CT molecular complexity index is 71.2. The van der Waals surface area contributed by atoms with Gasteiger partial charge in [-0.15, -0.1) is 17.5 Å². The van der Waals surface area contributed by atoms with Crippen LogP contribution < -0.4 is 5.43 Å². The molecule has 0 spiro atoms. The maximum Gasteiger partial charge on any atom is 0.173 e. The van der Waals surface area contributed by atoms with Crippen LogP contribution in [0.3, 0.4) is 0 Å². The SMILES string of the molecule is N=C(S)NN=O. The Balaban J connectivity index is 3.05. The molecule has 0 heterocycles. The quantitative estimate of drug-likeness (QED) is 0.146. The topological polar surface area (TPSA) is 65.3 Å². The van der Waals surface area contributed by atoms with Gasteiger partial charge in [-0.25, -0.2) is 5.43 Å². The zero-order valence-corrected chi connectivity index (χ0v) is 3.70. The van der Waals surface area contributed by atoms with Crippen LogP contribution in [0.5, 0.6) is 0 Å². The molecule has 0 aromatic rings. The highest BCUT2D eigenvalue weighted by molar-refractivity contribution is 7.96. The molecule has 6 heavy (non-hydrogen) atoms. The largest absolute Gasteiger partial charge is 0.278 e. The number of nitroso groups, excluding NO2 is 1. The Labute approximate surface area is 39.8 Å². The second-order valence-corrected chi connectivity index (χ2v) is 0.999. The highest BCUT2D eigenvalue weighted by atomic mass is 32.1. The molecule has 0 radical (unpaired) electrons. The molecule has 0 aliphatic carbocycles. The number of hydrogen-bond donors (Lipinski definition) is 3. The van der Waals surface area contributed by atoms with Crippen molar-refractivity contribution >= 4 is 17.8 Å². The van der Waals surface area contributed by atoms with Gasteiger partial charge in [0.25, 0.3) is 0 Å². The van der Waals surface area contributed by atoms with Gasteiger partial charge in [-0.1, -0.05) is 0 Å². The molecule has 34 valence electrons. The first kappa shape index (κ1) is 5.42. The molecule has 0 saturated carbocycles. The van der Waals surface area contributed by atoms with Crippen molar-refractivity contribution in [3.8, 4) is 0 Å². The van der Waals surface area contributed by atoms with Crippen LogP contribution in [0.2, 0.25) is 0 Å². The molecule has 0 aliphatic heterocycles. The average molecular weight is 105 g/mol. The highest BCUT2D eigenvalue weighted by Gasteiger charge is 1.75. The van der Waals surface area contributed by atoms with Crippen molar-refractivity contribution in [2.75, 3.05) is 0 Å². The molecular weight excluding hydrogens is 102 g/mol. The summed E-state index contributed by atoms with van der Waals surface area (Å²) < 4.78 is 0. The second-order valence-electron chi connectivity index (χ2n) is 0.552. The zero-order valence-electron chi connectivity index (χ0n) is 2.80. The van der Waals surface area contributed by atoms with Gasteiger partial charge < -0.3 is 0 Å². The Morgan fingerprint density at radius 3 is 2.50 bits per heavy atom. The van der Waals surface area contributed by atoms with Crippen molar-refractivity contribution in [1.29, 1.82) is 5.41 Å². The molecule has 0 atom stereocenters. The smallest absolute Gasteiger partial charge is 0.173 e. The van der Waals surface area contributed by atoms with Crippen LogP contribution in [0.1, 0.15) is 0 Å². The number of hydrogen-bond acceptors (Lipinski definition) is 3. The van der Waals surface area contributed by atoms with Crippen LogP contribution in [0, 0.1) is 10.3 Å². The summed E-state index contributed by atoms with van der Waals surface area (Å²) in [6.07, 6.45) is 0. The Kier molecular flexibility index (Phi) is 2.39. The summed E-state index contributed by atoms with van der Waals surface area (Å²) in [5, 5.41) is 8.24. The lowest BCUT2D eigenvalue weighted by molar-refractivity contribution is 1.02. The maximum absolute atomic E-state index is 9.06. The van der Waals surface area contributed by atoms with Crippen LogP contribution in [-0.4, -0.2) is 5.17 Å². The standard InChI is InChI=1S/CH3N3OS/c2-1(6)3-4-5/h(H3,2,3,5,6).